The quantitative estimate of drug-likeness (QED) is 0.678. The van der Waals surface area contributed by atoms with E-state index >= 15 is 0 Å². The van der Waals surface area contributed by atoms with Crippen LogP contribution in [-0.4, -0.2) is 87.3 Å². The monoisotopic (exact) mass is 416 g/mol. The molecule has 0 unspecified atom stereocenters. The zero-order chi connectivity index (χ0) is 21.6. The Balaban J connectivity index is 1.30. The molecule has 1 fully saturated rings. The van der Waals surface area contributed by atoms with Crippen LogP contribution in [0.15, 0.2) is 34.7 Å². The average Bonchev–Trinajstić information content (AvgIpc) is 3.09. The predicted molar refractivity (Wildman–Crippen MR) is 120 cm³/mol. The van der Waals surface area contributed by atoms with E-state index in [2.05, 4.69) is 46.0 Å². The summed E-state index contributed by atoms with van der Waals surface area (Å²) in [5.41, 5.74) is 0.963. The van der Waals surface area contributed by atoms with E-state index in [4.69, 9.17) is 9.15 Å². The standard InChI is InChI=1S/C23H36N4O3/c1-23(2,18-25(3)4)17-24-22(28)29-14-13-26-9-11-27(12-10-26)16-20-15-19-7-5-6-8-21(19)30-20/h5-8,15H,9-14,16-18H2,1-4H3,(H,24,28). The van der Waals surface area contributed by atoms with E-state index in [1.807, 2.05) is 32.3 Å². The van der Waals surface area contributed by atoms with Crippen molar-refractivity contribution in [3.63, 3.8) is 0 Å². The van der Waals surface area contributed by atoms with Gasteiger partial charge in [-0.25, -0.2) is 4.79 Å². The summed E-state index contributed by atoms with van der Waals surface area (Å²) >= 11 is 0. The SMILES string of the molecule is CN(C)CC(C)(C)CNC(=O)OCCN1CCN(Cc2cc3ccccc3o2)CC1. The van der Waals surface area contributed by atoms with Crippen molar-refractivity contribution in [3.8, 4) is 0 Å². The number of carbonyl (C=O) groups excluding carboxylic acids is 1. The number of rotatable bonds is 9. The van der Waals surface area contributed by atoms with Crippen LogP contribution in [0.3, 0.4) is 0 Å². The van der Waals surface area contributed by atoms with Gasteiger partial charge in [-0.15, -0.1) is 0 Å². The predicted octanol–water partition coefficient (Wildman–Crippen LogP) is 2.86. The van der Waals surface area contributed by atoms with E-state index in [1.54, 1.807) is 0 Å². The number of para-hydroxylation sites is 1. The fraction of sp³-hybridized carbons (Fsp3) is 0.609. The maximum Gasteiger partial charge on any atom is 0.407 e. The Bertz CT molecular complexity index is 777. The number of fused-ring (bicyclic) bond motifs is 1. The molecule has 0 spiro atoms. The van der Waals surface area contributed by atoms with Gasteiger partial charge in [0.2, 0.25) is 0 Å². The number of nitrogens with one attached hydrogen (secondary N) is 1. The van der Waals surface area contributed by atoms with Gasteiger partial charge in [0.25, 0.3) is 0 Å². The molecule has 1 amide bonds. The molecular formula is C23H36N4O3. The number of nitrogens with zero attached hydrogens (tertiary/aromatic N) is 3. The second kappa shape index (κ2) is 10.3. The molecule has 3 rings (SSSR count). The number of furan rings is 1. The van der Waals surface area contributed by atoms with E-state index in [0.717, 1.165) is 62.5 Å². The first-order valence-electron chi connectivity index (χ1n) is 10.8. The van der Waals surface area contributed by atoms with E-state index < -0.39 is 0 Å². The molecule has 2 heterocycles. The maximum absolute atomic E-state index is 12.0. The summed E-state index contributed by atoms with van der Waals surface area (Å²) in [5, 5.41) is 4.05. The normalized spacial score (nSPS) is 16.3. The molecule has 1 N–H and O–H groups in total. The largest absolute Gasteiger partial charge is 0.460 e. The van der Waals surface area contributed by atoms with E-state index in [0.29, 0.717) is 13.2 Å². The van der Waals surface area contributed by atoms with E-state index in [9.17, 15) is 4.79 Å². The molecule has 0 radical (unpaired) electrons. The van der Waals surface area contributed by atoms with Gasteiger partial charge in [0.1, 0.15) is 18.0 Å². The molecule has 1 aromatic heterocycles. The number of hydrogen-bond acceptors (Lipinski definition) is 6. The fourth-order valence-corrected chi connectivity index (χ4v) is 4.05. The van der Waals surface area contributed by atoms with Gasteiger partial charge < -0.3 is 19.4 Å². The number of benzene rings is 1. The lowest BCUT2D eigenvalue weighted by Gasteiger charge is -2.34. The van der Waals surface area contributed by atoms with Crippen LogP contribution in [0.1, 0.15) is 19.6 Å². The zero-order valence-electron chi connectivity index (χ0n) is 18.8. The third kappa shape index (κ3) is 7.00. The van der Waals surface area contributed by atoms with Gasteiger partial charge >= 0.3 is 6.09 Å². The summed E-state index contributed by atoms with van der Waals surface area (Å²) in [7, 11) is 4.08. The molecule has 166 valence electrons. The Morgan fingerprint density at radius 3 is 2.57 bits per heavy atom. The summed E-state index contributed by atoms with van der Waals surface area (Å²) in [6.07, 6.45) is -0.328. The van der Waals surface area contributed by atoms with Gasteiger partial charge in [0, 0.05) is 51.2 Å². The molecule has 0 saturated carbocycles. The van der Waals surface area contributed by atoms with E-state index in [1.165, 1.54) is 0 Å². The van der Waals surface area contributed by atoms with Gasteiger partial charge in [-0.2, -0.15) is 0 Å². The Hall–Kier alpha value is -2.09. The van der Waals surface area contributed by atoms with Crippen LogP contribution < -0.4 is 5.32 Å². The summed E-state index contributed by atoms with van der Waals surface area (Å²) < 4.78 is 11.3. The van der Waals surface area contributed by atoms with Gasteiger partial charge in [-0.05, 0) is 31.6 Å². The van der Waals surface area contributed by atoms with Crippen LogP contribution in [0.4, 0.5) is 4.79 Å². The average molecular weight is 417 g/mol. The molecule has 0 atom stereocenters. The second-order valence-corrected chi connectivity index (χ2v) is 9.26. The first-order chi connectivity index (χ1) is 14.3. The van der Waals surface area contributed by atoms with Gasteiger partial charge in [-0.3, -0.25) is 9.80 Å². The molecule has 0 aliphatic carbocycles. The minimum Gasteiger partial charge on any atom is -0.460 e. The van der Waals surface area contributed by atoms with Crippen LogP contribution in [0, 0.1) is 5.41 Å². The molecule has 0 bridgehead atoms. The van der Waals surface area contributed by atoms with Crippen molar-refractivity contribution in [2.24, 2.45) is 5.41 Å². The molecule has 7 heteroatoms. The maximum atomic E-state index is 12.0. The minimum absolute atomic E-state index is 0.0126. The van der Waals surface area contributed by atoms with Crippen molar-refractivity contribution in [2.75, 3.05) is 66.5 Å². The van der Waals surface area contributed by atoms with Gasteiger partial charge in [0.15, 0.2) is 0 Å². The Morgan fingerprint density at radius 2 is 1.87 bits per heavy atom. The van der Waals surface area contributed by atoms with Crippen molar-refractivity contribution in [2.45, 2.75) is 20.4 Å². The van der Waals surface area contributed by atoms with Crippen molar-refractivity contribution < 1.29 is 13.9 Å². The topological polar surface area (TPSA) is 61.2 Å². The fourth-order valence-electron chi connectivity index (χ4n) is 4.05. The molecule has 2 aromatic rings. The lowest BCUT2D eigenvalue weighted by molar-refractivity contribution is 0.0884. The molecule has 1 aliphatic heterocycles. The summed E-state index contributed by atoms with van der Waals surface area (Å²) in [6, 6.07) is 10.3. The lowest BCUT2D eigenvalue weighted by Crippen LogP contribution is -2.47. The number of amides is 1. The Morgan fingerprint density at radius 1 is 1.17 bits per heavy atom. The first-order valence-corrected chi connectivity index (χ1v) is 10.8. The highest BCUT2D eigenvalue weighted by Crippen LogP contribution is 2.20. The van der Waals surface area contributed by atoms with Crippen molar-refractivity contribution in [1.29, 1.82) is 0 Å². The summed E-state index contributed by atoms with van der Waals surface area (Å²) in [6.45, 7) is 11.7. The van der Waals surface area contributed by atoms with Gasteiger partial charge in [-0.1, -0.05) is 32.0 Å². The Labute approximate surface area is 179 Å². The van der Waals surface area contributed by atoms with Crippen LogP contribution in [0.2, 0.25) is 0 Å². The van der Waals surface area contributed by atoms with Crippen LogP contribution >= 0.6 is 0 Å². The number of hydrogen-bond donors (Lipinski definition) is 1. The molecule has 1 aliphatic rings. The second-order valence-electron chi connectivity index (χ2n) is 9.26. The third-order valence-corrected chi connectivity index (χ3v) is 5.42. The third-order valence-electron chi connectivity index (χ3n) is 5.42. The summed E-state index contributed by atoms with van der Waals surface area (Å²) in [5.74, 6) is 1.02. The molecule has 1 aromatic carbocycles. The lowest BCUT2D eigenvalue weighted by atomic mass is 9.93. The van der Waals surface area contributed by atoms with E-state index in [-0.39, 0.29) is 11.5 Å². The highest BCUT2D eigenvalue weighted by Gasteiger charge is 2.21. The molecular weight excluding hydrogens is 380 g/mol. The smallest absolute Gasteiger partial charge is 0.407 e. The zero-order valence-corrected chi connectivity index (χ0v) is 18.8. The van der Waals surface area contributed by atoms with Crippen LogP contribution in [-0.2, 0) is 11.3 Å². The minimum atomic E-state index is -0.328. The van der Waals surface area contributed by atoms with Crippen LogP contribution in [0.5, 0.6) is 0 Å². The Kier molecular flexibility index (Phi) is 7.75. The highest BCUT2D eigenvalue weighted by atomic mass is 16.5. The van der Waals surface area contributed by atoms with Crippen molar-refractivity contribution in [3.05, 3.63) is 36.1 Å². The summed E-state index contributed by atoms with van der Waals surface area (Å²) in [4.78, 5) is 18.8. The van der Waals surface area contributed by atoms with Crippen LogP contribution in [0.25, 0.3) is 11.0 Å². The number of piperazine rings is 1. The molecule has 7 nitrogen and oxygen atoms in total. The molecule has 1 saturated heterocycles. The van der Waals surface area contributed by atoms with Gasteiger partial charge in [0.05, 0.1) is 6.54 Å². The number of alkyl carbamates (subject to hydrolysis) is 1. The number of carbonyl (C=O) groups is 1. The van der Waals surface area contributed by atoms with Crippen molar-refractivity contribution in [1.82, 2.24) is 20.0 Å². The van der Waals surface area contributed by atoms with Crippen molar-refractivity contribution >= 4 is 17.1 Å². The molecule has 30 heavy (non-hydrogen) atoms. The number of ether oxygens (including phenoxy) is 1. The highest BCUT2D eigenvalue weighted by molar-refractivity contribution is 5.77. The first kappa shape index (κ1) is 22.6.